The van der Waals surface area contributed by atoms with Gasteiger partial charge in [0.1, 0.15) is 30.5 Å². The Balaban J connectivity index is 1.39. The number of ether oxygens (including phenoxy) is 1. The molecule has 3 aromatic rings. The molecular weight excluding hydrogens is 415 g/mol. The minimum atomic E-state index is -4.76. The molecular formula is C19H18F3N7O2. The zero-order chi connectivity index (χ0) is 21.8. The summed E-state index contributed by atoms with van der Waals surface area (Å²) < 4.78 is 42.1. The first kappa shape index (κ1) is 20.6. The second-order valence-corrected chi connectivity index (χ2v) is 6.92. The second kappa shape index (κ2) is 8.58. The van der Waals surface area contributed by atoms with Crippen LogP contribution in [0.15, 0.2) is 49.3 Å². The van der Waals surface area contributed by atoms with Crippen LogP contribution < -0.4 is 15.0 Å². The van der Waals surface area contributed by atoms with E-state index in [1.807, 2.05) is 4.90 Å². The molecule has 4 rings (SSSR count). The number of piperidine rings is 1. The van der Waals surface area contributed by atoms with Crippen molar-refractivity contribution >= 4 is 17.4 Å². The monoisotopic (exact) mass is 433 g/mol. The molecule has 1 aromatic carbocycles. The van der Waals surface area contributed by atoms with Gasteiger partial charge in [-0.25, -0.2) is 19.6 Å². The Morgan fingerprint density at radius 2 is 1.90 bits per heavy atom. The number of carbonyl (C=O) groups excluding carboxylic acids is 1. The fourth-order valence-electron chi connectivity index (χ4n) is 3.35. The molecule has 1 aliphatic heterocycles. The molecule has 0 radical (unpaired) electrons. The molecule has 9 nitrogen and oxygen atoms in total. The van der Waals surface area contributed by atoms with Gasteiger partial charge in [0.15, 0.2) is 5.82 Å². The summed E-state index contributed by atoms with van der Waals surface area (Å²) in [5, 5.41) is 6.80. The Kier molecular flexibility index (Phi) is 5.69. The number of amides is 1. The molecule has 1 unspecified atom stereocenters. The van der Waals surface area contributed by atoms with Gasteiger partial charge in [-0.1, -0.05) is 0 Å². The third kappa shape index (κ3) is 5.27. The number of aromatic nitrogens is 5. The van der Waals surface area contributed by atoms with E-state index in [9.17, 15) is 18.0 Å². The highest BCUT2D eigenvalue weighted by Gasteiger charge is 2.31. The van der Waals surface area contributed by atoms with Crippen molar-refractivity contribution in [2.24, 2.45) is 5.92 Å². The van der Waals surface area contributed by atoms with E-state index in [0.29, 0.717) is 30.3 Å². The summed E-state index contributed by atoms with van der Waals surface area (Å²) in [6, 6.07) is 6.82. The Morgan fingerprint density at radius 1 is 1.13 bits per heavy atom. The van der Waals surface area contributed by atoms with Crippen molar-refractivity contribution < 1.29 is 22.7 Å². The van der Waals surface area contributed by atoms with E-state index in [4.69, 9.17) is 0 Å². The molecule has 1 N–H and O–H groups in total. The van der Waals surface area contributed by atoms with Crippen molar-refractivity contribution in [1.82, 2.24) is 24.7 Å². The predicted molar refractivity (Wildman–Crippen MR) is 104 cm³/mol. The van der Waals surface area contributed by atoms with Crippen molar-refractivity contribution in [3.8, 4) is 11.6 Å². The number of hydrogen-bond acceptors (Lipinski definition) is 7. The largest absolute Gasteiger partial charge is 0.573 e. The lowest BCUT2D eigenvalue weighted by Crippen LogP contribution is -2.41. The zero-order valence-electron chi connectivity index (χ0n) is 16.2. The Hall–Kier alpha value is -3.70. The summed E-state index contributed by atoms with van der Waals surface area (Å²) in [6.07, 6.45) is 1.10. The van der Waals surface area contributed by atoms with Gasteiger partial charge in [0.05, 0.1) is 5.92 Å². The normalized spacial score (nSPS) is 16.7. The molecule has 2 aromatic heterocycles. The molecule has 162 valence electrons. The molecule has 3 heterocycles. The number of anilines is 2. The van der Waals surface area contributed by atoms with E-state index < -0.39 is 6.36 Å². The van der Waals surface area contributed by atoms with Gasteiger partial charge in [-0.05, 0) is 37.1 Å². The van der Waals surface area contributed by atoms with Crippen LogP contribution in [0.3, 0.4) is 0 Å². The van der Waals surface area contributed by atoms with Crippen LogP contribution in [-0.2, 0) is 4.79 Å². The number of halogens is 3. The molecule has 31 heavy (non-hydrogen) atoms. The fraction of sp³-hybridized carbons (Fsp3) is 0.316. The van der Waals surface area contributed by atoms with Crippen molar-refractivity contribution in [1.29, 1.82) is 0 Å². The van der Waals surface area contributed by atoms with Gasteiger partial charge >= 0.3 is 6.36 Å². The second-order valence-electron chi connectivity index (χ2n) is 6.92. The Morgan fingerprint density at radius 3 is 2.61 bits per heavy atom. The summed E-state index contributed by atoms with van der Waals surface area (Å²) in [7, 11) is 0. The number of alkyl halides is 3. The maximum Gasteiger partial charge on any atom is 0.573 e. The maximum absolute atomic E-state index is 12.7. The van der Waals surface area contributed by atoms with Crippen LogP contribution in [0.25, 0.3) is 5.82 Å². The molecule has 1 atom stereocenters. The van der Waals surface area contributed by atoms with Crippen LogP contribution in [0.4, 0.5) is 24.7 Å². The molecule has 1 amide bonds. The number of carbonyl (C=O) groups is 1. The number of hydrogen-bond donors (Lipinski definition) is 1. The van der Waals surface area contributed by atoms with Gasteiger partial charge < -0.3 is 15.0 Å². The van der Waals surface area contributed by atoms with Crippen LogP contribution >= 0.6 is 0 Å². The van der Waals surface area contributed by atoms with E-state index in [2.05, 4.69) is 30.1 Å². The van der Waals surface area contributed by atoms with Gasteiger partial charge in [0, 0.05) is 24.8 Å². The van der Waals surface area contributed by atoms with Crippen molar-refractivity contribution in [3.05, 3.63) is 49.3 Å². The number of benzene rings is 1. The highest BCUT2D eigenvalue weighted by atomic mass is 19.4. The highest BCUT2D eigenvalue weighted by molar-refractivity contribution is 5.93. The minimum Gasteiger partial charge on any atom is -0.406 e. The van der Waals surface area contributed by atoms with Gasteiger partial charge in [-0.2, -0.15) is 5.10 Å². The van der Waals surface area contributed by atoms with E-state index in [0.717, 1.165) is 25.1 Å². The summed E-state index contributed by atoms with van der Waals surface area (Å²) in [6.45, 7) is 1.19. The molecule has 1 saturated heterocycles. The predicted octanol–water partition coefficient (Wildman–Crippen LogP) is 2.81. The van der Waals surface area contributed by atoms with Crippen LogP contribution in [0.1, 0.15) is 12.8 Å². The maximum atomic E-state index is 12.7. The Bertz CT molecular complexity index is 1030. The van der Waals surface area contributed by atoms with Gasteiger partial charge in [0.2, 0.25) is 5.91 Å². The van der Waals surface area contributed by atoms with Crippen LogP contribution in [0.2, 0.25) is 0 Å². The van der Waals surface area contributed by atoms with Crippen LogP contribution in [0, 0.1) is 5.92 Å². The Labute approximate surface area is 174 Å². The van der Waals surface area contributed by atoms with Crippen LogP contribution in [0.5, 0.6) is 5.75 Å². The first-order valence-electron chi connectivity index (χ1n) is 9.46. The summed E-state index contributed by atoms with van der Waals surface area (Å²) in [5.74, 6) is 0.382. The van der Waals surface area contributed by atoms with Crippen molar-refractivity contribution in [2.45, 2.75) is 19.2 Å². The highest BCUT2D eigenvalue weighted by Crippen LogP contribution is 2.26. The quantitative estimate of drug-likeness (QED) is 0.661. The number of nitrogens with zero attached hydrogens (tertiary/aromatic N) is 6. The molecule has 12 heteroatoms. The van der Waals surface area contributed by atoms with Gasteiger partial charge in [-0.3, -0.25) is 4.79 Å². The summed E-state index contributed by atoms with van der Waals surface area (Å²) in [4.78, 5) is 27.1. The molecule has 1 fully saturated rings. The number of nitrogens with one attached hydrogen (secondary N) is 1. The molecule has 0 saturated carbocycles. The molecule has 1 aliphatic rings. The SMILES string of the molecule is O=C(Nc1ccc(OC(F)(F)F)cc1)C1CCCN(c2cc(-n3cncn3)ncn2)C1. The van der Waals surface area contributed by atoms with E-state index in [1.54, 1.807) is 6.07 Å². The van der Waals surface area contributed by atoms with E-state index in [1.165, 1.54) is 35.8 Å². The zero-order valence-corrected chi connectivity index (χ0v) is 16.2. The topological polar surface area (TPSA) is 98.1 Å². The first-order valence-corrected chi connectivity index (χ1v) is 9.46. The van der Waals surface area contributed by atoms with Crippen molar-refractivity contribution in [3.63, 3.8) is 0 Å². The van der Waals surface area contributed by atoms with E-state index in [-0.39, 0.29) is 17.6 Å². The average Bonchev–Trinajstić information content (AvgIpc) is 3.29. The minimum absolute atomic E-state index is 0.209. The molecule has 0 bridgehead atoms. The third-order valence-corrected chi connectivity index (χ3v) is 4.76. The lowest BCUT2D eigenvalue weighted by atomic mass is 9.97. The van der Waals surface area contributed by atoms with Gasteiger partial charge in [-0.15, -0.1) is 13.2 Å². The molecule has 0 spiro atoms. The fourth-order valence-corrected chi connectivity index (χ4v) is 3.35. The molecule has 0 aliphatic carbocycles. The van der Waals surface area contributed by atoms with Gasteiger partial charge in [0.25, 0.3) is 0 Å². The van der Waals surface area contributed by atoms with E-state index >= 15 is 0 Å². The average molecular weight is 433 g/mol. The smallest absolute Gasteiger partial charge is 0.406 e. The standard InChI is InChI=1S/C19H18F3N7O2/c20-19(21,22)31-15-5-3-14(4-6-15)27-18(30)13-2-1-7-28(9-13)16-8-17(25-11-24-16)29-12-23-10-26-29/h3-6,8,10-13H,1-2,7,9H2,(H,27,30). The third-order valence-electron chi connectivity index (χ3n) is 4.76. The van der Waals surface area contributed by atoms with Crippen LogP contribution in [-0.4, -0.2) is 50.1 Å². The first-order chi connectivity index (χ1) is 14.9. The summed E-state index contributed by atoms with van der Waals surface area (Å²) in [5.41, 5.74) is 0.396. The lowest BCUT2D eigenvalue weighted by molar-refractivity contribution is -0.274. The summed E-state index contributed by atoms with van der Waals surface area (Å²) >= 11 is 0. The number of rotatable bonds is 5. The van der Waals surface area contributed by atoms with Crippen molar-refractivity contribution in [2.75, 3.05) is 23.3 Å². The lowest BCUT2D eigenvalue weighted by Gasteiger charge is -2.32.